The summed E-state index contributed by atoms with van der Waals surface area (Å²) in [7, 11) is 3.51. The smallest absolute Gasteiger partial charge is 0.119 e. The van der Waals surface area contributed by atoms with Gasteiger partial charge in [0.2, 0.25) is 0 Å². The molecule has 0 bridgehead atoms. The molecule has 0 saturated heterocycles. The topological polar surface area (TPSA) is 50.7 Å². The third kappa shape index (κ3) is 5.49. The Balaban J connectivity index is 2.40. The van der Waals surface area contributed by atoms with Gasteiger partial charge in [0.1, 0.15) is 18.5 Å². The predicted molar refractivity (Wildman–Crippen MR) is 72.0 cm³/mol. The molecule has 0 amide bonds. The van der Waals surface area contributed by atoms with Gasteiger partial charge >= 0.3 is 0 Å². The summed E-state index contributed by atoms with van der Waals surface area (Å²) in [6, 6.07) is 8.41. The van der Waals surface area contributed by atoms with E-state index in [1.54, 1.807) is 7.11 Å². The van der Waals surface area contributed by atoms with Crippen LogP contribution < -0.4 is 10.1 Å². The van der Waals surface area contributed by atoms with Crippen molar-refractivity contribution in [3.8, 4) is 5.75 Å². The molecule has 0 radical (unpaired) electrons. The number of aliphatic hydroxyl groups is 1. The zero-order chi connectivity index (χ0) is 13.4. The molecule has 0 aromatic heterocycles. The van der Waals surface area contributed by atoms with E-state index in [9.17, 15) is 5.11 Å². The van der Waals surface area contributed by atoms with Gasteiger partial charge in [-0.05, 0) is 38.1 Å². The maximum atomic E-state index is 9.46. The summed E-state index contributed by atoms with van der Waals surface area (Å²) in [6.45, 7) is 2.68. The number of rotatable bonds is 8. The lowest BCUT2D eigenvalue weighted by molar-refractivity contribution is 0.0325. The SMILES string of the molecule is CNC(C)Cc1ccc(OCC(O)COC)cc1. The standard InChI is InChI=1S/C14H23NO3/c1-11(15-2)8-12-4-6-14(7-5-12)18-10-13(16)9-17-3/h4-7,11,13,15-16H,8-10H2,1-3H3. The van der Waals surface area contributed by atoms with E-state index in [0.29, 0.717) is 6.04 Å². The molecule has 2 unspecified atom stereocenters. The molecule has 0 fully saturated rings. The Morgan fingerprint density at radius 1 is 1.22 bits per heavy atom. The van der Waals surface area contributed by atoms with Gasteiger partial charge in [-0.3, -0.25) is 0 Å². The van der Waals surface area contributed by atoms with Crippen LogP contribution in [0.2, 0.25) is 0 Å². The molecule has 102 valence electrons. The number of nitrogens with one attached hydrogen (secondary N) is 1. The largest absolute Gasteiger partial charge is 0.491 e. The van der Waals surface area contributed by atoms with E-state index in [4.69, 9.17) is 9.47 Å². The van der Waals surface area contributed by atoms with Crippen LogP contribution in [0.1, 0.15) is 12.5 Å². The first-order valence-electron chi connectivity index (χ1n) is 6.21. The third-order valence-corrected chi connectivity index (χ3v) is 2.76. The molecule has 4 heteroatoms. The van der Waals surface area contributed by atoms with Gasteiger partial charge in [0.15, 0.2) is 0 Å². The highest BCUT2D eigenvalue weighted by Crippen LogP contribution is 2.13. The number of hydrogen-bond donors (Lipinski definition) is 2. The van der Waals surface area contributed by atoms with Crippen LogP contribution in [0.3, 0.4) is 0 Å². The van der Waals surface area contributed by atoms with Crippen LogP contribution >= 0.6 is 0 Å². The van der Waals surface area contributed by atoms with Crippen molar-refractivity contribution in [2.24, 2.45) is 0 Å². The molecule has 0 spiro atoms. The molecule has 2 N–H and O–H groups in total. The number of methoxy groups -OCH3 is 1. The van der Waals surface area contributed by atoms with Crippen molar-refractivity contribution in [3.05, 3.63) is 29.8 Å². The van der Waals surface area contributed by atoms with Crippen LogP contribution in [0, 0.1) is 0 Å². The van der Waals surface area contributed by atoms with E-state index < -0.39 is 6.10 Å². The molecule has 0 aliphatic rings. The fraction of sp³-hybridized carbons (Fsp3) is 0.571. The molecule has 18 heavy (non-hydrogen) atoms. The lowest BCUT2D eigenvalue weighted by Gasteiger charge is -2.13. The molecule has 1 rings (SSSR count). The molecule has 1 aromatic carbocycles. The summed E-state index contributed by atoms with van der Waals surface area (Å²) in [4.78, 5) is 0. The van der Waals surface area contributed by atoms with Crippen LogP contribution in [0.15, 0.2) is 24.3 Å². The molecular weight excluding hydrogens is 230 g/mol. The normalized spacial score (nSPS) is 14.2. The van der Waals surface area contributed by atoms with E-state index in [2.05, 4.69) is 12.2 Å². The first kappa shape index (κ1) is 15.0. The van der Waals surface area contributed by atoms with Crippen molar-refractivity contribution < 1.29 is 14.6 Å². The summed E-state index contributed by atoms with van der Waals surface area (Å²) in [5.41, 5.74) is 1.27. The van der Waals surface area contributed by atoms with Gasteiger partial charge in [0, 0.05) is 13.2 Å². The van der Waals surface area contributed by atoms with Crippen LogP contribution in [0.5, 0.6) is 5.75 Å². The van der Waals surface area contributed by atoms with Crippen LogP contribution in [-0.2, 0) is 11.2 Å². The van der Waals surface area contributed by atoms with E-state index in [-0.39, 0.29) is 13.2 Å². The second kappa shape index (κ2) is 8.08. The molecule has 0 aliphatic heterocycles. The second-order valence-electron chi connectivity index (χ2n) is 4.46. The average Bonchev–Trinajstić information content (AvgIpc) is 2.38. The summed E-state index contributed by atoms with van der Waals surface area (Å²) >= 11 is 0. The Morgan fingerprint density at radius 3 is 2.44 bits per heavy atom. The first-order valence-corrected chi connectivity index (χ1v) is 6.21. The van der Waals surface area contributed by atoms with Gasteiger partial charge in [-0.1, -0.05) is 12.1 Å². The van der Waals surface area contributed by atoms with E-state index in [0.717, 1.165) is 12.2 Å². The lowest BCUT2D eigenvalue weighted by Crippen LogP contribution is -2.23. The fourth-order valence-electron chi connectivity index (χ4n) is 1.61. The fourth-order valence-corrected chi connectivity index (χ4v) is 1.61. The van der Waals surface area contributed by atoms with Crippen molar-refractivity contribution in [1.82, 2.24) is 5.32 Å². The maximum Gasteiger partial charge on any atom is 0.119 e. The maximum absolute atomic E-state index is 9.46. The van der Waals surface area contributed by atoms with Gasteiger partial charge in [-0.2, -0.15) is 0 Å². The number of ether oxygens (including phenoxy) is 2. The van der Waals surface area contributed by atoms with Gasteiger partial charge in [0.05, 0.1) is 6.61 Å². The van der Waals surface area contributed by atoms with Gasteiger partial charge in [-0.15, -0.1) is 0 Å². The Morgan fingerprint density at radius 2 is 1.89 bits per heavy atom. The highest BCUT2D eigenvalue weighted by atomic mass is 16.5. The van der Waals surface area contributed by atoms with E-state index >= 15 is 0 Å². The van der Waals surface area contributed by atoms with Crippen molar-refractivity contribution in [2.45, 2.75) is 25.5 Å². The average molecular weight is 253 g/mol. The van der Waals surface area contributed by atoms with Crippen molar-refractivity contribution >= 4 is 0 Å². The zero-order valence-electron chi connectivity index (χ0n) is 11.3. The minimum Gasteiger partial charge on any atom is -0.491 e. The Hall–Kier alpha value is -1.10. The first-order chi connectivity index (χ1) is 8.65. The number of benzene rings is 1. The summed E-state index contributed by atoms with van der Waals surface area (Å²) in [6.07, 6.45) is 0.405. The highest BCUT2D eigenvalue weighted by molar-refractivity contribution is 5.27. The second-order valence-corrected chi connectivity index (χ2v) is 4.46. The lowest BCUT2D eigenvalue weighted by atomic mass is 10.1. The quantitative estimate of drug-likeness (QED) is 0.731. The number of aliphatic hydroxyl groups excluding tert-OH is 1. The van der Waals surface area contributed by atoms with Gasteiger partial charge in [0.25, 0.3) is 0 Å². The highest BCUT2D eigenvalue weighted by Gasteiger charge is 2.05. The molecule has 2 atom stereocenters. The van der Waals surface area contributed by atoms with E-state index in [1.165, 1.54) is 5.56 Å². The Bertz CT molecular complexity index is 326. The van der Waals surface area contributed by atoms with Crippen LogP contribution in [0.4, 0.5) is 0 Å². The molecule has 4 nitrogen and oxygen atoms in total. The van der Waals surface area contributed by atoms with Crippen molar-refractivity contribution in [3.63, 3.8) is 0 Å². The van der Waals surface area contributed by atoms with E-state index in [1.807, 2.05) is 31.3 Å². The summed E-state index contributed by atoms with van der Waals surface area (Å²) < 4.78 is 10.3. The van der Waals surface area contributed by atoms with Gasteiger partial charge < -0.3 is 19.9 Å². The summed E-state index contributed by atoms with van der Waals surface area (Å²) in [5.74, 6) is 0.769. The van der Waals surface area contributed by atoms with Crippen molar-refractivity contribution in [1.29, 1.82) is 0 Å². The monoisotopic (exact) mass is 253 g/mol. The van der Waals surface area contributed by atoms with Crippen LogP contribution in [0.25, 0.3) is 0 Å². The number of likely N-dealkylation sites (N-methyl/N-ethyl adjacent to an activating group) is 1. The zero-order valence-corrected chi connectivity index (χ0v) is 11.3. The number of hydrogen-bond acceptors (Lipinski definition) is 4. The molecule has 0 heterocycles. The predicted octanol–water partition coefficient (Wildman–Crippen LogP) is 1.22. The van der Waals surface area contributed by atoms with Crippen molar-refractivity contribution in [2.75, 3.05) is 27.4 Å². The minimum atomic E-state index is -0.584. The Kier molecular flexibility index (Phi) is 6.72. The summed E-state index contributed by atoms with van der Waals surface area (Å²) in [5, 5.41) is 12.7. The molecular formula is C14H23NO3. The molecule has 1 aromatic rings. The molecule has 0 saturated carbocycles. The van der Waals surface area contributed by atoms with Crippen LogP contribution in [-0.4, -0.2) is 44.6 Å². The minimum absolute atomic E-state index is 0.250. The Labute approximate surface area is 109 Å². The molecule has 0 aliphatic carbocycles. The third-order valence-electron chi connectivity index (χ3n) is 2.76. The van der Waals surface area contributed by atoms with Gasteiger partial charge in [-0.25, -0.2) is 0 Å².